The Balaban J connectivity index is 1.42. The molecule has 0 spiro atoms. The van der Waals surface area contributed by atoms with Crippen LogP contribution in [0.2, 0.25) is 5.02 Å². The number of halogens is 1. The third kappa shape index (κ3) is 3.17. The van der Waals surface area contributed by atoms with E-state index in [9.17, 15) is 0 Å². The van der Waals surface area contributed by atoms with Crippen LogP contribution in [0.25, 0.3) is 5.69 Å². The number of aryl methyl sites for hydroxylation is 2. The number of nitrogens with one attached hydrogen (secondary N) is 1. The van der Waals surface area contributed by atoms with Gasteiger partial charge in [-0.05, 0) is 63.3 Å². The summed E-state index contributed by atoms with van der Waals surface area (Å²) in [5.41, 5.74) is 3.56. The van der Waals surface area contributed by atoms with Gasteiger partial charge in [-0.15, -0.1) is 21.5 Å². The van der Waals surface area contributed by atoms with Gasteiger partial charge in [0, 0.05) is 28.3 Å². The van der Waals surface area contributed by atoms with Crippen LogP contribution in [0, 0.1) is 13.8 Å². The highest BCUT2D eigenvalue weighted by molar-refractivity contribution is 7.11. The summed E-state index contributed by atoms with van der Waals surface area (Å²) in [6.45, 7) is 5.82. The van der Waals surface area contributed by atoms with Gasteiger partial charge in [-0.3, -0.25) is 4.57 Å². The van der Waals surface area contributed by atoms with Crippen LogP contribution in [0.5, 0.6) is 0 Å². The molecular formula is C21H24ClN5S. The standard InChI is InChI=1S/C21H24ClN5S/c1-12-13(2)28-21(24-12)15-5-3-14(4-6-15)20-26-25-19-11-23-10-16-9-17(22)7-8-18(16)27(19)20/h7-9,14-15,23H,3-6,10-11H2,1-2H3. The van der Waals surface area contributed by atoms with Crippen molar-refractivity contribution < 1.29 is 0 Å². The van der Waals surface area contributed by atoms with E-state index < -0.39 is 0 Å². The van der Waals surface area contributed by atoms with E-state index in [-0.39, 0.29) is 0 Å². The number of hydrogen-bond donors (Lipinski definition) is 1. The zero-order valence-corrected chi connectivity index (χ0v) is 17.8. The zero-order valence-electron chi connectivity index (χ0n) is 16.2. The average Bonchev–Trinajstić information content (AvgIpc) is 3.20. The molecule has 5 nitrogen and oxygen atoms in total. The van der Waals surface area contributed by atoms with Crippen molar-refractivity contribution in [2.45, 2.75) is 64.5 Å². The average molecular weight is 414 g/mol. The Labute approximate surface area is 174 Å². The third-order valence-electron chi connectivity index (χ3n) is 6.12. The lowest BCUT2D eigenvalue weighted by molar-refractivity contribution is 0.381. The molecule has 0 unspecified atom stereocenters. The van der Waals surface area contributed by atoms with Crippen molar-refractivity contribution in [1.29, 1.82) is 0 Å². The first kappa shape index (κ1) is 18.3. The molecule has 0 saturated heterocycles. The molecule has 28 heavy (non-hydrogen) atoms. The van der Waals surface area contributed by atoms with E-state index in [1.54, 1.807) is 0 Å². The second-order valence-electron chi connectivity index (χ2n) is 7.93. The van der Waals surface area contributed by atoms with Crippen molar-refractivity contribution in [1.82, 2.24) is 25.1 Å². The molecule has 5 rings (SSSR count). The fourth-order valence-corrected chi connectivity index (χ4v) is 5.75. The first-order valence-electron chi connectivity index (χ1n) is 9.98. The molecule has 1 aliphatic carbocycles. The predicted molar refractivity (Wildman–Crippen MR) is 112 cm³/mol. The summed E-state index contributed by atoms with van der Waals surface area (Å²) in [5, 5.41) is 14.7. The summed E-state index contributed by atoms with van der Waals surface area (Å²) in [6, 6.07) is 6.11. The molecule has 0 radical (unpaired) electrons. The van der Waals surface area contributed by atoms with Crippen LogP contribution >= 0.6 is 22.9 Å². The number of fused-ring (bicyclic) bond motifs is 3. The minimum Gasteiger partial charge on any atom is -0.306 e. The summed E-state index contributed by atoms with van der Waals surface area (Å²) >= 11 is 8.11. The summed E-state index contributed by atoms with van der Waals surface area (Å²) in [4.78, 5) is 6.16. The van der Waals surface area contributed by atoms with E-state index in [4.69, 9.17) is 16.6 Å². The number of benzene rings is 1. The van der Waals surface area contributed by atoms with E-state index >= 15 is 0 Å². The number of hydrogen-bond acceptors (Lipinski definition) is 5. The lowest BCUT2D eigenvalue weighted by atomic mass is 9.82. The van der Waals surface area contributed by atoms with Crippen molar-refractivity contribution in [3.8, 4) is 5.69 Å². The van der Waals surface area contributed by atoms with E-state index in [1.165, 1.54) is 34.0 Å². The Morgan fingerprint density at radius 3 is 2.61 bits per heavy atom. The SMILES string of the molecule is Cc1nc(C2CCC(c3nnc4n3-c3ccc(Cl)cc3CNC4)CC2)sc1C. The third-order valence-corrected chi connectivity index (χ3v) is 7.59. The topological polar surface area (TPSA) is 55.6 Å². The lowest BCUT2D eigenvalue weighted by Crippen LogP contribution is -2.16. The van der Waals surface area contributed by atoms with Crippen molar-refractivity contribution in [3.63, 3.8) is 0 Å². The van der Waals surface area contributed by atoms with Gasteiger partial charge in [-0.25, -0.2) is 4.98 Å². The smallest absolute Gasteiger partial charge is 0.151 e. The van der Waals surface area contributed by atoms with Crippen molar-refractivity contribution >= 4 is 22.9 Å². The van der Waals surface area contributed by atoms with Crippen LogP contribution in [0.1, 0.15) is 70.3 Å². The molecule has 7 heteroatoms. The molecule has 0 atom stereocenters. The molecule has 1 N–H and O–H groups in total. The molecule has 1 saturated carbocycles. The molecule has 0 bridgehead atoms. The van der Waals surface area contributed by atoms with Gasteiger partial charge in [0.25, 0.3) is 0 Å². The van der Waals surface area contributed by atoms with Gasteiger partial charge in [0.05, 0.1) is 22.9 Å². The fraction of sp³-hybridized carbons (Fsp3) is 0.476. The van der Waals surface area contributed by atoms with Gasteiger partial charge in [0.2, 0.25) is 0 Å². The van der Waals surface area contributed by atoms with Crippen LogP contribution in [0.3, 0.4) is 0 Å². The van der Waals surface area contributed by atoms with E-state index in [0.29, 0.717) is 11.8 Å². The molecule has 0 amide bonds. The molecule has 146 valence electrons. The van der Waals surface area contributed by atoms with Gasteiger partial charge in [0.15, 0.2) is 5.82 Å². The summed E-state index contributed by atoms with van der Waals surface area (Å²) in [5.74, 6) is 3.13. The molecule has 1 fully saturated rings. The van der Waals surface area contributed by atoms with E-state index in [0.717, 1.165) is 48.3 Å². The first-order chi connectivity index (χ1) is 13.6. The number of rotatable bonds is 2. The monoisotopic (exact) mass is 413 g/mol. The predicted octanol–water partition coefficient (Wildman–Crippen LogP) is 5.04. The van der Waals surface area contributed by atoms with Gasteiger partial charge in [0.1, 0.15) is 5.82 Å². The number of aromatic nitrogens is 4. The maximum absolute atomic E-state index is 6.23. The number of nitrogens with zero attached hydrogens (tertiary/aromatic N) is 4. The minimum atomic E-state index is 0.446. The molecule has 3 heterocycles. The van der Waals surface area contributed by atoms with Crippen molar-refractivity contribution in [2.75, 3.05) is 0 Å². The van der Waals surface area contributed by atoms with Gasteiger partial charge in [-0.2, -0.15) is 0 Å². The Morgan fingerprint density at radius 1 is 1.07 bits per heavy atom. The van der Waals surface area contributed by atoms with Crippen molar-refractivity contribution in [3.05, 3.63) is 56.0 Å². The van der Waals surface area contributed by atoms with E-state index in [2.05, 4.69) is 40.0 Å². The first-order valence-corrected chi connectivity index (χ1v) is 11.2. The largest absolute Gasteiger partial charge is 0.306 e. The highest BCUT2D eigenvalue weighted by Gasteiger charge is 2.30. The van der Waals surface area contributed by atoms with Gasteiger partial charge >= 0.3 is 0 Å². The van der Waals surface area contributed by atoms with Crippen LogP contribution in [-0.2, 0) is 13.1 Å². The number of thiazole rings is 1. The summed E-state index contributed by atoms with van der Waals surface area (Å²) < 4.78 is 2.27. The molecule has 1 aromatic carbocycles. The van der Waals surface area contributed by atoms with Crippen LogP contribution in [-0.4, -0.2) is 19.7 Å². The minimum absolute atomic E-state index is 0.446. The van der Waals surface area contributed by atoms with Gasteiger partial charge < -0.3 is 5.32 Å². The lowest BCUT2D eigenvalue weighted by Gasteiger charge is -2.27. The fourth-order valence-electron chi connectivity index (χ4n) is 4.47. The maximum atomic E-state index is 6.23. The zero-order chi connectivity index (χ0) is 19.3. The van der Waals surface area contributed by atoms with Crippen LogP contribution < -0.4 is 5.32 Å². The normalized spacial score (nSPS) is 21.8. The Kier molecular flexibility index (Phi) is 4.73. The van der Waals surface area contributed by atoms with Crippen LogP contribution in [0.4, 0.5) is 0 Å². The second kappa shape index (κ2) is 7.25. The molecule has 2 aromatic heterocycles. The second-order valence-corrected chi connectivity index (χ2v) is 9.60. The van der Waals surface area contributed by atoms with Gasteiger partial charge in [-0.1, -0.05) is 11.6 Å². The Morgan fingerprint density at radius 2 is 1.86 bits per heavy atom. The molecule has 1 aliphatic heterocycles. The quantitative estimate of drug-likeness (QED) is 0.639. The molecule has 3 aromatic rings. The Hall–Kier alpha value is -1.76. The molecule has 2 aliphatic rings. The summed E-state index contributed by atoms with van der Waals surface area (Å²) in [7, 11) is 0. The highest BCUT2D eigenvalue weighted by atomic mass is 35.5. The van der Waals surface area contributed by atoms with Crippen molar-refractivity contribution in [2.24, 2.45) is 0 Å². The van der Waals surface area contributed by atoms with Crippen LogP contribution in [0.15, 0.2) is 18.2 Å². The maximum Gasteiger partial charge on any atom is 0.151 e. The highest BCUT2D eigenvalue weighted by Crippen LogP contribution is 2.42. The van der Waals surface area contributed by atoms with E-state index in [1.807, 2.05) is 23.5 Å². The summed E-state index contributed by atoms with van der Waals surface area (Å²) in [6.07, 6.45) is 4.61. The Bertz CT molecular complexity index is 996. The molecular weight excluding hydrogens is 390 g/mol.